The summed E-state index contributed by atoms with van der Waals surface area (Å²) >= 11 is 0. The lowest BCUT2D eigenvalue weighted by atomic mass is 9.96. The molecule has 1 aliphatic heterocycles. The van der Waals surface area contributed by atoms with Crippen LogP contribution in [-0.4, -0.2) is 19.3 Å². The van der Waals surface area contributed by atoms with Gasteiger partial charge in [-0.1, -0.05) is 6.07 Å². The van der Waals surface area contributed by atoms with Gasteiger partial charge in [0, 0.05) is 6.54 Å². The van der Waals surface area contributed by atoms with Gasteiger partial charge < -0.3 is 14.8 Å². The molecule has 0 amide bonds. The van der Waals surface area contributed by atoms with Crippen LogP contribution in [0.15, 0.2) is 18.2 Å². The Labute approximate surface area is 95.8 Å². The highest BCUT2D eigenvalue weighted by Crippen LogP contribution is 2.29. The minimum Gasteiger partial charge on any atom is -0.490 e. The number of rotatable bonds is 3. The highest BCUT2D eigenvalue weighted by molar-refractivity contribution is 5.59. The van der Waals surface area contributed by atoms with Crippen molar-refractivity contribution in [1.82, 2.24) is 0 Å². The van der Waals surface area contributed by atoms with Crippen molar-refractivity contribution in [2.75, 3.05) is 18.5 Å². The van der Waals surface area contributed by atoms with Crippen molar-refractivity contribution >= 4 is 5.69 Å². The maximum Gasteiger partial charge on any atom is 0.142 e. The van der Waals surface area contributed by atoms with Crippen LogP contribution in [0.3, 0.4) is 0 Å². The van der Waals surface area contributed by atoms with Gasteiger partial charge in [-0.25, -0.2) is 0 Å². The van der Waals surface area contributed by atoms with E-state index in [0.717, 1.165) is 31.2 Å². The number of hydrogen-bond donors (Lipinski definition) is 1. The lowest BCUT2D eigenvalue weighted by molar-refractivity contribution is -0.00866. The highest BCUT2D eigenvalue weighted by atomic mass is 16.5. The number of fused-ring (bicyclic) bond motifs is 1. The van der Waals surface area contributed by atoms with Gasteiger partial charge in [0.1, 0.15) is 12.4 Å². The largest absolute Gasteiger partial charge is 0.490 e. The second-order valence-corrected chi connectivity index (χ2v) is 4.47. The Balaban J connectivity index is 1.65. The van der Waals surface area contributed by atoms with E-state index in [4.69, 9.17) is 9.47 Å². The van der Waals surface area contributed by atoms with Gasteiger partial charge >= 0.3 is 0 Å². The number of benzene rings is 1. The maximum absolute atomic E-state index is 5.79. The molecule has 1 saturated carbocycles. The van der Waals surface area contributed by atoms with Crippen LogP contribution in [0.25, 0.3) is 0 Å². The first-order chi connectivity index (χ1) is 7.92. The predicted molar refractivity (Wildman–Crippen MR) is 62.9 cm³/mol. The van der Waals surface area contributed by atoms with E-state index in [-0.39, 0.29) is 0 Å². The minimum atomic E-state index is 0.500. The monoisotopic (exact) mass is 219 g/mol. The van der Waals surface area contributed by atoms with E-state index in [0.29, 0.717) is 6.10 Å². The third kappa shape index (κ3) is 2.00. The summed E-state index contributed by atoms with van der Waals surface area (Å²) in [5.74, 6) is 0.957. The van der Waals surface area contributed by atoms with Gasteiger partial charge in [-0.15, -0.1) is 0 Å². The molecule has 1 aliphatic carbocycles. The number of ether oxygens (including phenoxy) is 2. The van der Waals surface area contributed by atoms with Crippen LogP contribution in [0.4, 0.5) is 5.69 Å². The van der Waals surface area contributed by atoms with Gasteiger partial charge in [0.05, 0.1) is 18.4 Å². The second kappa shape index (κ2) is 4.34. The molecule has 3 rings (SSSR count). The summed E-state index contributed by atoms with van der Waals surface area (Å²) in [6.07, 6.45) is 4.28. The van der Waals surface area contributed by atoms with Crippen molar-refractivity contribution in [2.45, 2.75) is 32.0 Å². The Bertz CT molecular complexity index is 374. The molecule has 0 spiro atoms. The van der Waals surface area contributed by atoms with Crippen LogP contribution in [0.2, 0.25) is 0 Å². The molecule has 0 aromatic heterocycles. The average Bonchev–Trinajstić information content (AvgIpc) is 2.27. The van der Waals surface area contributed by atoms with Crippen LogP contribution in [0.1, 0.15) is 24.8 Å². The molecule has 1 heterocycles. The zero-order valence-corrected chi connectivity index (χ0v) is 9.37. The van der Waals surface area contributed by atoms with Crippen LogP contribution < -0.4 is 10.1 Å². The third-order valence-electron chi connectivity index (χ3n) is 3.26. The smallest absolute Gasteiger partial charge is 0.142 e. The molecule has 1 fully saturated rings. The first-order valence-corrected chi connectivity index (χ1v) is 6.03. The Morgan fingerprint density at radius 2 is 2.31 bits per heavy atom. The van der Waals surface area contributed by atoms with E-state index in [1.807, 2.05) is 6.07 Å². The van der Waals surface area contributed by atoms with Gasteiger partial charge in [-0.2, -0.15) is 0 Å². The number of nitrogens with one attached hydrogen (secondary N) is 1. The van der Waals surface area contributed by atoms with Crippen LogP contribution >= 0.6 is 0 Å². The highest BCUT2D eigenvalue weighted by Gasteiger charge is 2.18. The normalized spacial score (nSPS) is 19.2. The Kier molecular flexibility index (Phi) is 2.70. The molecule has 0 atom stereocenters. The molecule has 0 bridgehead atoms. The second-order valence-electron chi connectivity index (χ2n) is 4.47. The first kappa shape index (κ1) is 9.97. The first-order valence-electron chi connectivity index (χ1n) is 6.03. The lowest BCUT2D eigenvalue weighted by Gasteiger charge is -2.26. The summed E-state index contributed by atoms with van der Waals surface area (Å²) in [4.78, 5) is 0. The van der Waals surface area contributed by atoms with Crippen molar-refractivity contribution in [3.63, 3.8) is 0 Å². The lowest BCUT2D eigenvalue weighted by Crippen LogP contribution is -2.21. The average molecular weight is 219 g/mol. The molecule has 86 valence electrons. The standard InChI is InChI=1S/C13H17NO2/c1-2-11(3-1)16-9-10-4-5-13-12(8-10)14-6-7-15-13/h4-5,8,11,14H,1-3,6-7,9H2. The summed E-state index contributed by atoms with van der Waals surface area (Å²) in [6, 6.07) is 6.25. The minimum absolute atomic E-state index is 0.500. The fourth-order valence-corrected chi connectivity index (χ4v) is 2.03. The van der Waals surface area contributed by atoms with E-state index < -0.39 is 0 Å². The molecule has 3 heteroatoms. The summed E-state index contributed by atoms with van der Waals surface area (Å²) < 4.78 is 11.3. The Morgan fingerprint density at radius 1 is 1.38 bits per heavy atom. The molecule has 2 aliphatic rings. The van der Waals surface area contributed by atoms with Crippen molar-refractivity contribution in [1.29, 1.82) is 0 Å². The summed E-state index contributed by atoms with van der Waals surface area (Å²) in [6.45, 7) is 2.37. The molecule has 0 saturated heterocycles. The van der Waals surface area contributed by atoms with Gasteiger partial charge in [0.15, 0.2) is 0 Å². The van der Waals surface area contributed by atoms with Crippen molar-refractivity contribution in [3.8, 4) is 5.75 Å². The van der Waals surface area contributed by atoms with E-state index in [1.54, 1.807) is 0 Å². The quantitative estimate of drug-likeness (QED) is 0.847. The SMILES string of the molecule is c1cc2c(cc1COC1CCC1)NCCO2. The summed E-state index contributed by atoms with van der Waals surface area (Å²) in [7, 11) is 0. The van der Waals surface area contributed by atoms with Gasteiger partial charge in [0.2, 0.25) is 0 Å². The molecular formula is C13H17NO2. The molecule has 1 aromatic rings. The van der Waals surface area contributed by atoms with E-state index in [2.05, 4.69) is 17.4 Å². The molecule has 0 unspecified atom stereocenters. The van der Waals surface area contributed by atoms with Gasteiger partial charge in [-0.05, 0) is 37.0 Å². The van der Waals surface area contributed by atoms with Gasteiger partial charge in [-0.3, -0.25) is 0 Å². The van der Waals surface area contributed by atoms with Crippen LogP contribution in [-0.2, 0) is 11.3 Å². The topological polar surface area (TPSA) is 30.5 Å². The van der Waals surface area contributed by atoms with Crippen LogP contribution in [0.5, 0.6) is 5.75 Å². The third-order valence-corrected chi connectivity index (χ3v) is 3.26. The van der Waals surface area contributed by atoms with E-state index >= 15 is 0 Å². The molecule has 1 aromatic carbocycles. The van der Waals surface area contributed by atoms with Crippen molar-refractivity contribution in [3.05, 3.63) is 23.8 Å². The number of hydrogen-bond acceptors (Lipinski definition) is 3. The summed E-state index contributed by atoms with van der Waals surface area (Å²) in [5, 5.41) is 3.34. The molecular weight excluding hydrogens is 202 g/mol. The molecule has 16 heavy (non-hydrogen) atoms. The Hall–Kier alpha value is -1.22. The zero-order valence-electron chi connectivity index (χ0n) is 9.37. The molecule has 3 nitrogen and oxygen atoms in total. The maximum atomic E-state index is 5.79. The van der Waals surface area contributed by atoms with Crippen LogP contribution in [0, 0.1) is 0 Å². The molecule has 1 N–H and O–H groups in total. The summed E-state index contributed by atoms with van der Waals surface area (Å²) in [5.41, 5.74) is 2.32. The van der Waals surface area contributed by atoms with Crippen molar-refractivity contribution < 1.29 is 9.47 Å². The van der Waals surface area contributed by atoms with E-state index in [1.165, 1.54) is 24.8 Å². The Morgan fingerprint density at radius 3 is 3.12 bits per heavy atom. The van der Waals surface area contributed by atoms with E-state index in [9.17, 15) is 0 Å². The van der Waals surface area contributed by atoms with Gasteiger partial charge in [0.25, 0.3) is 0 Å². The zero-order chi connectivity index (χ0) is 10.8. The number of anilines is 1. The molecule has 0 radical (unpaired) electrons. The van der Waals surface area contributed by atoms with Crippen molar-refractivity contribution in [2.24, 2.45) is 0 Å². The predicted octanol–water partition coefficient (Wildman–Crippen LogP) is 2.56. The fourth-order valence-electron chi connectivity index (χ4n) is 2.03. The fraction of sp³-hybridized carbons (Fsp3) is 0.538.